The van der Waals surface area contributed by atoms with Crippen molar-refractivity contribution in [3.63, 3.8) is 0 Å². The van der Waals surface area contributed by atoms with Gasteiger partial charge in [0.15, 0.2) is 0 Å². The molecule has 0 bridgehead atoms. The fraction of sp³-hybridized carbons (Fsp3) is 0.739. The molecule has 4 heteroatoms. The first-order valence-electron chi connectivity index (χ1n) is 11.2. The van der Waals surface area contributed by atoms with E-state index in [0.29, 0.717) is 12.1 Å². The molecule has 4 nitrogen and oxygen atoms in total. The lowest BCUT2D eigenvalue weighted by Crippen LogP contribution is -2.54. The lowest BCUT2D eigenvalue weighted by molar-refractivity contribution is -0.0144. The Bertz CT molecular complexity index is 579. The monoisotopic (exact) mass is 372 g/mol. The predicted molar refractivity (Wildman–Crippen MR) is 109 cm³/mol. The van der Waals surface area contributed by atoms with Gasteiger partial charge in [-0.2, -0.15) is 0 Å². The normalized spacial score (nSPS) is 28.9. The summed E-state index contributed by atoms with van der Waals surface area (Å²) in [6, 6.07) is 8.94. The van der Waals surface area contributed by atoms with Gasteiger partial charge in [-0.1, -0.05) is 25.0 Å². The smallest absolute Gasteiger partial charge is 0.120 e. The summed E-state index contributed by atoms with van der Waals surface area (Å²) in [4.78, 5) is 4.97. The van der Waals surface area contributed by atoms with Crippen LogP contribution < -0.4 is 4.74 Å². The summed E-state index contributed by atoms with van der Waals surface area (Å²) in [6.45, 7) is 5.11. The van der Waals surface area contributed by atoms with Crippen LogP contribution in [0.3, 0.4) is 0 Å². The molecule has 1 N–H and O–H groups in total. The van der Waals surface area contributed by atoms with Gasteiger partial charge in [0.05, 0.1) is 12.2 Å². The number of hydrogen-bond donors (Lipinski definition) is 1. The number of hydrogen-bond acceptors (Lipinski definition) is 4. The lowest BCUT2D eigenvalue weighted by atomic mass is 9.99. The molecule has 2 saturated heterocycles. The molecule has 2 aliphatic heterocycles. The quantitative estimate of drug-likeness (QED) is 0.852. The molecule has 1 aromatic carbocycles. The van der Waals surface area contributed by atoms with Crippen molar-refractivity contribution in [2.45, 2.75) is 82.6 Å². The van der Waals surface area contributed by atoms with Gasteiger partial charge in [0.25, 0.3) is 0 Å². The number of piperidine rings is 1. The van der Waals surface area contributed by atoms with Crippen LogP contribution in [0.5, 0.6) is 5.75 Å². The van der Waals surface area contributed by atoms with E-state index in [1.165, 1.54) is 70.0 Å². The zero-order valence-corrected chi connectivity index (χ0v) is 16.7. The SMILES string of the molecule is O[C@@H]1CN(Cc2cccc(OC3CCCC3)c2)CC[C@H]1N1CCCCCC1. The molecule has 150 valence electrons. The fourth-order valence-corrected chi connectivity index (χ4v) is 5.16. The van der Waals surface area contributed by atoms with Crippen molar-refractivity contribution in [2.24, 2.45) is 0 Å². The minimum absolute atomic E-state index is 0.227. The molecule has 0 aromatic heterocycles. The molecule has 4 rings (SSSR count). The number of ether oxygens (including phenoxy) is 1. The van der Waals surface area contributed by atoms with Gasteiger partial charge in [0.2, 0.25) is 0 Å². The van der Waals surface area contributed by atoms with E-state index in [2.05, 4.69) is 34.1 Å². The lowest BCUT2D eigenvalue weighted by Gasteiger charge is -2.41. The summed E-state index contributed by atoms with van der Waals surface area (Å²) in [6.07, 6.45) is 11.5. The molecule has 1 aromatic rings. The van der Waals surface area contributed by atoms with Crippen molar-refractivity contribution in [3.05, 3.63) is 29.8 Å². The third-order valence-electron chi connectivity index (χ3n) is 6.65. The van der Waals surface area contributed by atoms with Crippen LogP contribution in [0.2, 0.25) is 0 Å². The van der Waals surface area contributed by atoms with Crippen LogP contribution >= 0.6 is 0 Å². The van der Waals surface area contributed by atoms with E-state index in [1.54, 1.807) is 0 Å². The summed E-state index contributed by atoms with van der Waals surface area (Å²) in [5, 5.41) is 10.8. The molecule has 0 spiro atoms. The average molecular weight is 373 g/mol. The first-order chi connectivity index (χ1) is 13.3. The maximum Gasteiger partial charge on any atom is 0.120 e. The second kappa shape index (κ2) is 9.40. The first-order valence-corrected chi connectivity index (χ1v) is 11.2. The number of benzene rings is 1. The van der Waals surface area contributed by atoms with E-state index in [-0.39, 0.29) is 6.10 Å². The van der Waals surface area contributed by atoms with Crippen LogP contribution in [0.15, 0.2) is 24.3 Å². The minimum Gasteiger partial charge on any atom is -0.490 e. The number of aliphatic hydroxyl groups is 1. The predicted octanol–water partition coefficient (Wildman–Crippen LogP) is 3.82. The molecule has 27 heavy (non-hydrogen) atoms. The summed E-state index contributed by atoms with van der Waals surface area (Å²) >= 11 is 0. The van der Waals surface area contributed by atoms with Crippen LogP contribution in [0.4, 0.5) is 0 Å². The van der Waals surface area contributed by atoms with Crippen LogP contribution in [-0.2, 0) is 6.54 Å². The van der Waals surface area contributed by atoms with Crippen molar-refractivity contribution in [1.29, 1.82) is 0 Å². The molecule has 3 aliphatic rings. The van der Waals surface area contributed by atoms with Crippen LogP contribution in [0.25, 0.3) is 0 Å². The topological polar surface area (TPSA) is 35.9 Å². The Morgan fingerprint density at radius 1 is 0.926 bits per heavy atom. The second-order valence-corrected chi connectivity index (χ2v) is 8.78. The zero-order chi connectivity index (χ0) is 18.5. The molecule has 2 atom stereocenters. The van der Waals surface area contributed by atoms with Gasteiger partial charge in [-0.05, 0) is 75.7 Å². The molecule has 0 unspecified atom stereocenters. The number of nitrogens with zero attached hydrogens (tertiary/aromatic N) is 2. The molecule has 0 radical (unpaired) electrons. The second-order valence-electron chi connectivity index (χ2n) is 8.78. The van der Waals surface area contributed by atoms with E-state index in [1.807, 2.05) is 0 Å². The molecule has 1 saturated carbocycles. The Labute approximate surface area is 164 Å². The molecular formula is C23H36N2O2. The molecule has 3 fully saturated rings. The van der Waals surface area contributed by atoms with Gasteiger partial charge in [0, 0.05) is 25.7 Å². The number of aliphatic hydroxyl groups excluding tert-OH is 1. The van der Waals surface area contributed by atoms with Crippen LogP contribution in [-0.4, -0.2) is 59.3 Å². The highest BCUT2D eigenvalue weighted by Crippen LogP contribution is 2.26. The number of likely N-dealkylation sites (tertiary alicyclic amines) is 2. The number of rotatable bonds is 5. The largest absolute Gasteiger partial charge is 0.490 e. The third-order valence-corrected chi connectivity index (χ3v) is 6.65. The maximum atomic E-state index is 10.8. The van der Waals surface area contributed by atoms with E-state index in [4.69, 9.17) is 4.74 Å². The highest BCUT2D eigenvalue weighted by Gasteiger charge is 2.32. The van der Waals surface area contributed by atoms with E-state index in [0.717, 1.165) is 31.8 Å². The van der Waals surface area contributed by atoms with Crippen LogP contribution in [0, 0.1) is 0 Å². The summed E-state index contributed by atoms with van der Waals surface area (Å²) < 4.78 is 6.16. The molecule has 0 amide bonds. The highest BCUT2D eigenvalue weighted by molar-refractivity contribution is 5.28. The minimum atomic E-state index is -0.227. The van der Waals surface area contributed by atoms with Crippen molar-refractivity contribution in [1.82, 2.24) is 9.80 Å². The summed E-state index contributed by atoms with van der Waals surface area (Å²) in [7, 11) is 0. The van der Waals surface area contributed by atoms with Crippen molar-refractivity contribution in [3.8, 4) is 5.75 Å². The van der Waals surface area contributed by atoms with Gasteiger partial charge in [-0.25, -0.2) is 0 Å². The van der Waals surface area contributed by atoms with Crippen molar-refractivity contribution in [2.75, 3.05) is 26.2 Å². The highest BCUT2D eigenvalue weighted by atomic mass is 16.5. The Morgan fingerprint density at radius 2 is 1.70 bits per heavy atom. The van der Waals surface area contributed by atoms with Crippen molar-refractivity contribution < 1.29 is 9.84 Å². The third kappa shape index (κ3) is 5.24. The average Bonchev–Trinajstić information content (AvgIpc) is 3.02. The van der Waals surface area contributed by atoms with E-state index >= 15 is 0 Å². The Morgan fingerprint density at radius 3 is 2.44 bits per heavy atom. The molecular weight excluding hydrogens is 336 g/mol. The van der Waals surface area contributed by atoms with Crippen molar-refractivity contribution >= 4 is 0 Å². The maximum absolute atomic E-state index is 10.8. The Balaban J connectivity index is 1.30. The van der Waals surface area contributed by atoms with Gasteiger partial charge in [-0.3, -0.25) is 9.80 Å². The van der Waals surface area contributed by atoms with Gasteiger partial charge < -0.3 is 9.84 Å². The summed E-state index contributed by atoms with van der Waals surface area (Å²) in [5.74, 6) is 1.01. The first kappa shape index (κ1) is 19.2. The fourth-order valence-electron chi connectivity index (χ4n) is 5.16. The molecule has 2 heterocycles. The van der Waals surface area contributed by atoms with E-state index < -0.39 is 0 Å². The standard InChI is InChI=1S/C23H36N2O2/c26-23-18-24(15-12-22(23)25-13-5-1-2-6-14-25)17-19-8-7-11-21(16-19)27-20-9-3-4-10-20/h7-8,11,16,20,22-23,26H,1-6,9-10,12-15,17-18H2/t22-,23-/m1/s1. The Hall–Kier alpha value is -1.10. The van der Waals surface area contributed by atoms with Gasteiger partial charge in [0.1, 0.15) is 5.75 Å². The Kier molecular flexibility index (Phi) is 6.69. The van der Waals surface area contributed by atoms with Crippen LogP contribution in [0.1, 0.15) is 63.4 Å². The number of β-amino-alcohol motifs (C(OH)–C–C–N with tert-alkyl or cyclic N) is 1. The van der Waals surface area contributed by atoms with E-state index in [9.17, 15) is 5.11 Å². The van der Waals surface area contributed by atoms with Gasteiger partial charge in [-0.15, -0.1) is 0 Å². The summed E-state index contributed by atoms with van der Waals surface area (Å²) in [5.41, 5.74) is 1.30. The van der Waals surface area contributed by atoms with Gasteiger partial charge >= 0.3 is 0 Å². The zero-order valence-electron chi connectivity index (χ0n) is 16.7. The molecule has 1 aliphatic carbocycles.